The van der Waals surface area contributed by atoms with Crippen molar-refractivity contribution in [2.24, 2.45) is 0 Å². The highest BCUT2D eigenvalue weighted by Crippen LogP contribution is 2.35. The van der Waals surface area contributed by atoms with Gasteiger partial charge in [0, 0.05) is 23.7 Å². The Balaban J connectivity index is 2.28. The topological polar surface area (TPSA) is 38.3 Å². The van der Waals surface area contributed by atoms with E-state index in [9.17, 15) is 9.18 Å². The maximum atomic E-state index is 13.1. The molecule has 3 nitrogen and oxygen atoms in total. The maximum absolute atomic E-state index is 13.1. The number of benzene rings is 1. The molecule has 0 aliphatic carbocycles. The van der Waals surface area contributed by atoms with E-state index in [1.54, 1.807) is 13.2 Å². The van der Waals surface area contributed by atoms with E-state index in [0.717, 1.165) is 0 Å². The van der Waals surface area contributed by atoms with Crippen LogP contribution in [-0.2, 0) is 4.74 Å². The molecule has 0 saturated heterocycles. The fourth-order valence-electron chi connectivity index (χ4n) is 1.53. The van der Waals surface area contributed by atoms with Crippen LogP contribution in [0.1, 0.15) is 9.67 Å². The molecule has 0 bridgehead atoms. The molecule has 0 spiro atoms. The largest absolute Gasteiger partial charge is 0.383 e. The van der Waals surface area contributed by atoms with Crippen LogP contribution in [0.25, 0.3) is 10.1 Å². The summed E-state index contributed by atoms with van der Waals surface area (Å²) >= 11 is 7.29. The van der Waals surface area contributed by atoms with Crippen molar-refractivity contribution in [2.75, 3.05) is 20.3 Å². The fraction of sp³-hybridized carbons (Fsp3) is 0.250. The number of methoxy groups -OCH3 is 1. The molecule has 0 aliphatic heterocycles. The van der Waals surface area contributed by atoms with E-state index in [1.165, 1.54) is 23.5 Å². The SMILES string of the molecule is COCCNC(=O)c1sc2cc(F)ccc2c1Cl. The van der Waals surface area contributed by atoms with Gasteiger partial charge >= 0.3 is 0 Å². The smallest absolute Gasteiger partial charge is 0.263 e. The average molecular weight is 288 g/mol. The molecule has 1 amide bonds. The second-order valence-electron chi connectivity index (χ2n) is 3.63. The molecule has 0 atom stereocenters. The molecular formula is C12H11ClFNO2S. The van der Waals surface area contributed by atoms with Crippen LogP contribution < -0.4 is 5.32 Å². The summed E-state index contributed by atoms with van der Waals surface area (Å²) in [6.07, 6.45) is 0. The molecular weight excluding hydrogens is 277 g/mol. The van der Waals surface area contributed by atoms with Crippen LogP contribution in [0.15, 0.2) is 18.2 Å². The van der Waals surface area contributed by atoms with Gasteiger partial charge in [-0.15, -0.1) is 11.3 Å². The Hall–Kier alpha value is -1.17. The van der Waals surface area contributed by atoms with Crippen LogP contribution in [0.2, 0.25) is 5.02 Å². The zero-order valence-corrected chi connectivity index (χ0v) is 11.2. The van der Waals surface area contributed by atoms with Crippen molar-refractivity contribution in [1.82, 2.24) is 5.32 Å². The molecule has 0 aliphatic rings. The zero-order chi connectivity index (χ0) is 13.1. The number of thiophene rings is 1. The minimum absolute atomic E-state index is 0.265. The van der Waals surface area contributed by atoms with Crippen molar-refractivity contribution in [3.05, 3.63) is 33.9 Å². The lowest BCUT2D eigenvalue weighted by Gasteiger charge is -2.02. The quantitative estimate of drug-likeness (QED) is 0.878. The highest BCUT2D eigenvalue weighted by atomic mass is 35.5. The number of hydrogen-bond donors (Lipinski definition) is 1. The highest BCUT2D eigenvalue weighted by molar-refractivity contribution is 7.21. The molecule has 6 heteroatoms. The molecule has 0 radical (unpaired) electrons. The van der Waals surface area contributed by atoms with Gasteiger partial charge in [-0.3, -0.25) is 4.79 Å². The number of rotatable bonds is 4. The summed E-state index contributed by atoms with van der Waals surface area (Å²) in [6.45, 7) is 0.844. The summed E-state index contributed by atoms with van der Waals surface area (Å²) in [6, 6.07) is 4.28. The molecule has 0 fully saturated rings. The van der Waals surface area contributed by atoms with E-state index in [4.69, 9.17) is 16.3 Å². The van der Waals surface area contributed by atoms with Gasteiger partial charge in [0.05, 0.1) is 11.6 Å². The van der Waals surface area contributed by atoms with E-state index in [0.29, 0.717) is 33.1 Å². The molecule has 2 rings (SSSR count). The van der Waals surface area contributed by atoms with Crippen LogP contribution in [0.5, 0.6) is 0 Å². The second kappa shape index (κ2) is 5.65. The van der Waals surface area contributed by atoms with Crippen molar-refractivity contribution in [3.8, 4) is 0 Å². The Bertz CT molecular complexity index is 585. The summed E-state index contributed by atoms with van der Waals surface area (Å²) in [5, 5.41) is 3.74. The highest BCUT2D eigenvalue weighted by Gasteiger charge is 2.16. The van der Waals surface area contributed by atoms with Crippen LogP contribution in [0.4, 0.5) is 4.39 Å². The van der Waals surface area contributed by atoms with Crippen molar-refractivity contribution in [2.45, 2.75) is 0 Å². The zero-order valence-electron chi connectivity index (χ0n) is 9.63. The molecule has 18 heavy (non-hydrogen) atoms. The number of nitrogens with one attached hydrogen (secondary N) is 1. The number of halogens is 2. The third-order valence-corrected chi connectivity index (χ3v) is 4.05. The third-order valence-electron chi connectivity index (χ3n) is 2.39. The summed E-state index contributed by atoms with van der Waals surface area (Å²) in [4.78, 5) is 12.3. The van der Waals surface area contributed by atoms with Gasteiger partial charge in [0.1, 0.15) is 10.7 Å². The maximum Gasteiger partial charge on any atom is 0.263 e. The lowest BCUT2D eigenvalue weighted by Crippen LogP contribution is -2.26. The van der Waals surface area contributed by atoms with Crippen molar-refractivity contribution in [1.29, 1.82) is 0 Å². The van der Waals surface area contributed by atoms with E-state index >= 15 is 0 Å². The molecule has 0 saturated carbocycles. The van der Waals surface area contributed by atoms with Crippen LogP contribution in [-0.4, -0.2) is 26.2 Å². The van der Waals surface area contributed by atoms with Gasteiger partial charge in [-0.1, -0.05) is 11.6 Å². The molecule has 2 aromatic rings. The van der Waals surface area contributed by atoms with Gasteiger partial charge in [-0.05, 0) is 18.2 Å². The first-order valence-corrected chi connectivity index (χ1v) is 6.47. The standard InChI is InChI=1S/C12H11ClFNO2S/c1-17-5-4-15-12(16)11-10(13)8-3-2-7(14)6-9(8)18-11/h2-3,6H,4-5H2,1H3,(H,15,16). The number of carbonyl (C=O) groups is 1. The normalized spacial score (nSPS) is 10.8. The minimum Gasteiger partial charge on any atom is -0.383 e. The average Bonchev–Trinajstić information content (AvgIpc) is 2.66. The summed E-state index contributed by atoms with van der Waals surface area (Å²) in [7, 11) is 1.56. The Morgan fingerprint density at radius 3 is 3.06 bits per heavy atom. The van der Waals surface area contributed by atoms with Gasteiger partial charge < -0.3 is 10.1 Å². The number of carbonyl (C=O) groups excluding carboxylic acids is 1. The predicted molar refractivity (Wildman–Crippen MR) is 71.0 cm³/mol. The first-order valence-electron chi connectivity index (χ1n) is 5.28. The van der Waals surface area contributed by atoms with Gasteiger partial charge in [-0.2, -0.15) is 0 Å². The lowest BCUT2D eigenvalue weighted by molar-refractivity contribution is 0.0941. The number of amides is 1. The van der Waals surface area contributed by atoms with Crippen LogP contribution in [0, 0.1) is 5.82 Å². The van der Waals surface area contributed by atoms with Crippen molar-refractivity contribution in [3.63, 3.8) is 0 Å². The van der Waals surface area contributed by atoms with Crippen LogP contribution in [0.3, 0.4) is 0 Å². The fourth-order valence-corrected chi connectivity index (χ4v) is 2.99. The molecule has 1 N–H and O–H groups in total. The Morgan fingerprint density at radius 2 is 2.33 bits per heavy atom. The van der Waals surface area contributed by atoms with Crippen molar-refractivity contribution >= 4 is 38.9 Å². The van der Waals surface area contributed by atoms with E-state index < -0.39 is 0 Å². The first-order chi connectivity index (χ1) is 8.63. The Kier molecular flexibility index (Phi) is 4.16. The number of ether oxygens (including phenoxy) is 1. The molecule has 0 unspecified atom stereocenters. The Labute approximate surface area is 113 Å². The van der Waals surface area contributed by atoms with E-state index in [-0.39, 0.29) is 11.7 Å². The monoisotopic (exact) mass is 287 g/mol. The van der Waals surface area contributed by atoms with Crippen molar-refractivity contribution < 1.29 is 13.9 Å². The van der Waals surface area contributed by atoms with E-state index in [1.807, 2.05) is 0 Å². The molecule has 1 aromatic carbocycles. The predicted octanol–water partition coefficient (Wildman–Crippen LogP) is 3.07. The van der Waals surface area contributed by atoms with Gasteiger partial charge in [0.25, 0.3) is 5.91 Å². The van der Waals surface area contributed by atoms with Crippen LogP contribution >= 0.6 is 22.9 Å². The first kappa shape index (κ1) is 13.3. The third kappa shape index (κ3) is 2.63. The van der Waals surface area contributed by atoms with E-state index in [2.05, 4.69) is 5.32 Å². The van der Waals surface area contributed by atoms with Gasteiger partial charge in [0.15, 0.2) is 0 Å². The molecule has 1 heterocycles. The number of hydrogen-bond acceptors (Lipinski definition) is 3. The van der Waals surface area contributed by atoms with Gasteiger partial charge in [0.2, 0.25) is 0 Å². The molecule has 1 aromatic heterocycles. The molecule has 96 valence electrons. The second-order valence-corrected chi connectivity index (χ2v) is 5.06. The minimum atomic E-state index is -0.341. The Morgan fingerprint density at radius 1 is 1.56 bits per heavy atom. The summed E-state index contributed by atoms with van der Waals surface area (Å²) in [5.74, 6) is -0.606. The summed E-state index contributed by atoms with van der Waals surface area (Å²) < 4.78 is 18.6. The lowest BCUT2D eigenvalue weighted by atomic mass is 10.2. The summed E-state index contributed by atoms with van der Waals surface area (Å²) in [5.41, 5.74) is 0. The number of fused-ring (bicyclic) bond motifs is 1. The van der Waals surface area contributed by atoms with Gasteiger partial charge in [-0.25, -0.2) is 4.39 Å².